The van der Waals surface area contributed by atoms with E-state index in [-0.39, 0.29) is 18.6 Å². The van der Waals surface area contributed by atoms with Gasteiger partial charge in [0, 0.05) is 6.54 Å². The van der Waals surface area contributed by atoms with E-state index in [0.717, 1.165) is 50.1 Å². The van der Waals surface area contributed by atoms with Crippen LogP contribution in [0.1, 0.15) is 57.3 Å². The lowest BCUT2D eigenvalue weighted by Gasteiger charge is -2.34. The molecule has 128 valence electrons. The van der Waals surface area contributed by atoms with Crippen LogP contribution in [0.4, 0.5) is 0 Å². The zero-order valence-electron chi connectivity index (χ0n) is 14.3. The van der Waals surface area contributed by atoms with Gasteiger partial charge >= 0.3 is 0 Å². The number of nitrogens with zero attached hydrogens (tertiary/aromatic N) is 3. The number of aromatic nitrogens is 3. The van der Waals surface area contributed by atoms with E-state index < -0.39 is 0 Å². The molecule has 2 heterocycles. The van der Waals surface area contributed by atoms with Gasteiger partial charge in [-0.05, 0) is 50.4 Å². The van der Waals surface area contributed by atoms with Gasteiger partial charge < -0.3 is 10.1 Å². The third-order valence-electron chi connectivity index (χ3n) is 4.93. The van der Waals surface area contributed by atoms with Gasteiger partial charge in [-0.3, -0.25) is 4.79 Å². The van der Waals surface area contributed by atoms with Crippen LogP contribution in [-0.4, -0.2) is 40.2 Å². The number of carbonyl (C=O) groups excluding carboxylic acids is 1. The molecule has 0 unspecified atom stereocenters. The average molecular weight is 320 g/mol. The Morgan fingerprint density at radius 2 is 2.22 bits per heavy atom. The highest BCUT2D eigenvalue weighted by molar-refractivity contribution is 5.75. The molecule has 1 aromatic heterocycles. The second kappa shape index (κ2) is 6.99. The molecule has 1 saturated heterocycles. The van der Waals surface area contributed by atoms with Crippen LogP contribution in [0.2, 0.25) is 0 Å². The van der Waals surface area contributed by atoms with E-state index in [1.165, 1.54) is 12.8 Å². The number of aryl methyl sites for hydroxylation is 1. The summed E-state index contributed by atoms with van der Waals surface area (Å²) in [7, 11) is 0. The molecular weight excluding hydrogens is 292 g/mol. The van der Waals surface area contributed by atoms with Crippen LogP contribution in [0, 0.1) is 5.41 Å². The minimum absolute atomic E-state index is 0.0133. The van der Waals surface area contributed by atoms with Gasteiger partial charge in [0.1, 0.15) is 6.54 Å². The molecule has 0 spiro atoms. The molecule has 1 fully saturated rings. The largest absolute Gasteiger partial charge is 0.378 e. The minimum Gasteiger partial charge on any atom is -0.378 e. The van der Waals surface area contributed by atoms with Crippen molar-refractivity contribution in [2.75, 3.05) is 13.2 Å². The van der Waals surface area contributed by atoms with Gasteiger partial charge in [-0.25, -0.2) is 4.68 Å². The van der Waals surface area contributed by atoms with Crippen LogP contribution in [0.3, 0.4) is 0 Å². The normalized spacial score (nSPS) is 23.3. The summed E-state index contributed by atoms with van der Waals surface area (Å²) in [5, 5.41) is 11.3. The molecule has 0 aromatic carbocycles. The van der Waals surface area contributed by atoms with Gasteiger partial charge in [-0.1, -0.05) is 19.1 Å². The summed E-state index contributed by atoms with van der Waals surface area (Å²) in [6, 6.07) is 0. The number of carbonyl (C=O) groups is 1. The summed E-state index contributed by atoms with van der Waals surface area (Å²) in [6.45, 7) is 6.24. The number of rotatable bonds is 5. The average Bonchev–Trinajstić information content (AvgIpc) is 2.92. The van der Waals surface area contributed by atoms with E-state index in [1.807, 2.05) is 0 Å². The van der Waals surface area contributed by atoms with Gasteiger partial charge in [-0.15, -0.1) is 5.10 Å². The Hall–Kier alpha value is -1.43. The van der Waals surface area contributed by atoms with Crippen molar-refractivity contribution in [1.29, 1.82) is 0 Å². The number of fused-ring (bicyclic) bond motifs is 1. The first kappa shape index (κ1) is 16.4. The molecule has 1 aromatic rings. The maximum Gasteiger partial charge on any atom is 0.241 e. The summed E-state index contributed by atoms with van der Waals surface area (Å²) in [5.41, 5.74) is 2.51. The van der Waals surface area contributed by atoms with Crippen LogP contribution in [0.5, 0.6) is 0 Å². The SMILES string of the molecule is CC1(C)CC[C@H](CCNC(=O)Cn2nnc3c2CCCC3)OC1. The van der Waals surface area contributed by atoms with E-state index in [9.17, 15) is 4.79 Å². The second-order valence-corrected chi connectivity index (χ2v) is 7.62. The Morgan fingerprint density at radius 3 is 3.00 bits per heavy atom. The summed E-state index contributed by atoms with van der Waals surface area (Å²) >= 11 is 0. The van der Waals surface area contributed by atoms with E-state index in [1.54, 1.807) is 4.68 Å². The highest BCUT2D eigenvalue weighted by atomic mass is 16.5. The Labute approximate surface area is 138 Å². The molecule has 0 saturated carbocycles. The Morgan fingerprint density at radius 1 is 1.39 bits per heavy atom. The lowest BCUT2D eigenvalue weighted by molar-refractivity contribution is -0.122. The second-order valence-electron chi connectivity index (χ2n) is 7.62. The summed E-state index contributed by atoms with van der Waals surface area (Å²) in [5.74, 6) is 0.0133. The van der Waals surface area contributed by atoms with Crippen molar-refractivity contribution >= 4 is 5.91 Å². The first-order valence-electron chi connectivity index (χ1n) is 8.83. The zero-order valence-corrected chi connectivity index (χ0v) is 14.3. The Bertz CT molecular complexity index is 543. The van der Waals surface area contributed by atoms with E-state index in [2.05, 4.69) is 29.5 Å². The maximum atomic E-state index is 12.1. The molecule has 0 bridgehead atoms. The standard InChI is InChI=1S/C17H28N4O2/c1-17(2)9-7-13(23-12-17)8-10-18-16(22)11-21-15-6-4-3-5-14(15)19-20-21/h13H,3-12H2,1-2H3,(H,18,22)/t13-/m1/s1. The van der Waals surface area contributed by atoms with Crippen molar-refractivity contribution in [2.24, 2.45) is 5.41 Å². The maximum absolute atomic E-state index is 12.1. The molecule has 1 aliphatic carbocycles. The van der Waals surface area contributed by atoms with Crippen LogP contribution < -0.4 is 5.32 Å². The molecule has 1 N–H and O–H groups in total. The number of hydrogen-bond donors (Lipinski definition) is 1. The molecule has 6 nitrogen and oxygen atoms in total. The van der Waals surface area contributed by atoms with Gasteiger partial charge in [0.15, 0.2) is 0 Å². The summed E-state index contributed by atoms with van der Waals surface area (Å²) in [4.78, 5) is 12.1. The Balaban J connectivity index is 1.39. The highest BCUT2D eigenvalue weighted by Crippen LogP contribution is 2.30. The smallest absolute Gasteiger partial charge is 0.241 e. The fourth-order valence-electron chi connectivity index (χ4n) is 3.39. The summed E-state index contributed by atoms with van der Waals surface area (Å²) in [6.07, 6.45) is 7.76. The first-order valence-corrected chi connectivity index (χ1v) is 8.83. The number of hydrogen-bond acceptors (Lipinski definition) is 4. The quantitative estimate of drug-likeness (QED) is 0.899. The lowest BCUT2D eigenvalue weighted by atomic mass is 9.85. The van der Waals surface area contributed by atoms with E-state index >= 15 is 0 Å². The summed E-state index contributed by atoms with van der Waals surface area (Å²) < 4.78 is 7.64. The van der Waals surface area contributed by atoms with Crippen molar-refractivity contribution in [3.05, 3.63) is 11.4 Å². The molecule has 2 aliphatic rings. The van der Waals surface area contributed by atoms with Crippen molar-refractivity contribution < 1.29 is 9.53 Å². The van der Waals surface area contributed by atoms with Gasteiger partial charge in [0.05, 0.1) is 24.1 Å². The molecular formula is C17H28N4O2. The topological polar surface area (TPSA) is 69.0 Å². The fraction of sp³-hybridized carbons (Fsp3) is 0.824. The zero-order chi connectivity index (χ0) is 16.3. The predicted molar refractivity (Wildman–Crippen MR) is 87.0 cm³/mol. The molecule has 6 heteroatoms. The molecule has 1 amide bonds. The van der Waals surface area contributed by atoms with E-state index in [0.29, 0.717) is 12.0 Å². The van der Waals surface area contributed by atoms with Gasteiger partial charge in [-0.2, -0.15) is 0 Å². The van der Waals surface area contributed by atoms with Crippen molar-refractivity contribution in [3.63, 3.8) is 0 Å². The van der Waals surface area contributed by atoms with Crippen LogP contribution in [0.25, 0.3) is 0 Å². The third-order valence-corrected chi connectivity index (χ3v) is 4.93. The number of amides is 1. The number of ether oxygens (including phenoxy) is 1. The molecule has 3 rings (SSSR count). The molecule has 23 heavy (non-hydrogen) atoms. The van der Waals surface area contributed by atoms with Crippen LogP contribution in [-0.2, 0) is 28.9 Å². The highest BCUT2D eigenvalue weighted by Gasteiger charge is 2.27. The van der Waals surface area contributed by atoms with Gasteiger partial charge in [0.2, 0.25) is 5.91 Å². The molecule has 1 aliphatic heterocycles. The molecule has 1 atom stereocenters. The monoisotopic (exact) mass is 320 g/mol. The van der Waals surface area contributed by atoms with Crippen molar-refractivity contribution in [1.82, 2.24) is 20.3 Å². The van der Waals surface area contributed by atoms with Gasteiger partial charge in [0.25, 0.3) is 0 Å². The fourth-order valence-corrected chi connectivity index (χ4v) is 3.39. The predicted octanol–water partition coefficient (Wildman–Crippen LogP) is 1.87. The minimum atomic E-state index is 0.0133. The van der Waals surface area contributed by atoms with Crippen LogP contribution in [0.15, 0.2) is 0 Å². The Kier molecular flexibility index (Phi) is 4.99. The molecule has 0 radical (unpaired) electrons. The number of nitrogens with one attached hydrogen (secondary N) is 1. The third kappa shape index (κ3) is 4.31. The van der Waals surface area contributed by atoms with Crippen LogP contribution >= 0.6 is 0 Å². The first-order chi connectivity index (χ1) is 11.0. The lowest BCUT2D eigenvalue weighted by Crippen LogP contribution is -2.35. The van der Waals surface area contributed by atoms with Crippen molar-refractivity contribution in [3.8, 4) is 0 Å². The van der Waals surface area contributed by atoms with E-state index in [4.69, 9.17) is 4.74 Å². The van der Waals surface area contributed by atoms with Crippen molar-refractivity contribution in [2.45, 2.75) is 71.4 Å².